The molecule has 0 bridgehead atoms. The van der Waals surface area contributed by atoms with Gasteiger partial charge in [-0.25, -0.2) is 4.98 Å². The molecule has 12 heteroatoms. The normalized spacial score (nSPS) is 13.2. The van der Waals surface area contributed by atoms with Gasteiger partial charge in [-0.05, 0) is 37.3 Å². The molecule has 0 saturated heterocycles. The number of ether oxygens (including phenoxy) is 1. The number of benzene rings is 1. The maximum absolute atomic E-state index is 13.4. The molecular formula is C18H14F6N4O2. The minimum absolute atomic E-state index is 0.0713. The summed E-state index contributed by atoms with van der Waals surface area (Å²) in [4.78, 5) is 8.14. The lowest BCUT2D eigenvalue weighted by Gasteiger charge is -2.20. The van der Waals surface area contributed by atoms with Gasteiger partial charge in [-0.2, -0.15) is 31.3 Å². The highest BCUT2D eigenvalue weighted by Crippen LogP contribution is 2.40. The summed E-state index contributed by atoms with van der Waals surface area (Å²) in [6.07, 6.45) is -10.7. The van der Waals surface area contributed by atoms with E-state index in [4.69, 9.17) is 4.52 Å². The van der Waals surface area contributed by atoms with E-state index in [0.29, 0.717) is 24.4 Å². The third kappa shape index (κ3) is 4.47. The quantitative estimate of drug-likeness (QED) is 0.560. The zero-order valence-corrected chi connectivity index (χ0v) is 15.5. The van der Waals surface area contributed by atoms with Gasteiger partial charge in [0.2, 0.25) is 5.82 Å². The van der Waals surface area contributed by atoms with Crippen LogP contribution in [-0.2, 0) is 6.18 Å². The Balaban J connectivity index is 1.99. The number of anilines is 1. The van der Waals surface area contributed by atoms with E-state index in [-0.39, 0.29) is 17.3 Å². The zero-order chi connectivity index (χ0) is 22.1. The first-order valence-corrected chi connectivity index (χ1v) is 8.42. The van der Waals surface area contributed by atoms with Crippen molar-refractivity contribution >= 4 is 5.82 Å². The molecule has 0 aliphatic heterocycles. The molecule has 1 atom stereocenters. The molecular weight excluding hydrogens is 418 g/mol. The Morgan fingerprint density at radius 3 is 2.47 bits per heavy atom. The van der Waals surface area contributed by atoms with Crippen molar-refractivity contribution in [3.05, 3.63) is 42.1 Å². The second-order valence-corrected chi connectivity index (χ2v) is 6.08. The molecule has 0 spiro atoms. The molecule has 3 aromatic rings. The van der Waals surface area contributed by atoms with E-state index >= 15 is 0 Å². The topological polar surface area (TPSA) is 73.1 Å². The van der Waals surface area contributed by atoms with E-state index in [1.165, 1.54) is 6.20 Å². The Bertz CT molecular complexity index is 1030. The van der Waals surface area contributed by atoms with E-state index in [9.17, 15) is 26.3 Å². The molecule has 0 amide bonds. The average molecular weight is 432 g/mol. The highest BCUT2D eigenvalue weighted by atomic mass is 19.4. The molecule has 160 valence electrons. The van der Waals surface area contributed by atoms with Gasteiger partial charge in [0.1, 0.15) is 11.6 Å². The predicted molar refractivity (Wildman–Crippen MR) is 93.7 cm³/mol. The van der Waals surface area contributed by atoms with Crippen LogP contribution in [0.4, 0.5) is 32.2 Å². The summed E-state index contributed by atoms with van der Waals surface area (Å²) in [7, 11) is 1.61. The van der Waals surface area contributed by atoms with Crippen LogP contribution in [-0.4, -0.2) is 34.5 Å². The average Bonchev–Trinajstić information content (AvgIpc) is 3.16. The number of nitrogens with one attached hydrogen (secondary N) is 1. The molecule has 0 radical (unpaired) electrons. The Morgan fingerprint density at radius 1 is 1.10 bits per heavy atom. The summed E-state index contributed by atoms with van der Waals surface area (Å²) in [6, 6.07) is 5.73. The largest absolute Gasteiger partial charge is 0.481 e. The van der Waals surface area contributed by atoms with E-state index in [1.54, 1.807) is 19.2 Å². The van der Waals surface area contributed by atoms with Crippen molar-refractivity contribution in [3.8, 4) is 28.6 Å². The predicted octanol–water partition coefficient (Wildman–Crippen LogP) is 5.19. The fourth-order valence-electron chi connectivity index (χ4n) is 2.48. The number of rotatable bonds is 5. The lowest BCUT2D eigenvalue weighted by Crippen LogP contribution is -2.31. The lowest BCUT2D eigenvalue weighted by molar-refractivity contribution is -0.191. The van der Waals surface area contributed by atoms with Crippen LogP contribution < -0.4 is 10.1 Å². The summed E-state index contributed by atoms with van der Waals surface area (Å²) in [6.45, 7) is 0.617. The number of halogens is 6. The minimum atomic E-state index is -4.97. The smallest absolute Gasteiger partial charge is 0.425 e. The van der Waals surface area contributed by atoms with Gasteiger partial charge in [-0.15, -0.1) is 0 Å². The number of aromatic nitrogens is 3. The summed E-state index contributed by atoms with van der Waals surface area (Å²) in [5.74, 6) is -0.717. The Hall–Kier alpha value is -3.31. The molecule has 30 heavy (non-hydrogen) atoms. The molecule has 0 aliphatic carbocycles. The molecule has 0 aliphatic rings. The maximum atomic E-state index is 13.4. The molecule has 2 aromatic heterocycles. The van der Waals surface area contributed by atoms with E-state index in [0.717, 1.165) is 12.1 Å². The van der Waals surface area contributed by atoms with Crippen LogP contribution >= 0.6 is 0 Å². The molecule has 0 fully saturated rings. The lowest BCUT2D eigenvalue weighted by atomic mass is 10.1. The second kappa shape index (κ2) is 7.84. The molecule has 1 aromatic carbocycles. The standard InChI is InChI=1S/C18H14F6N4O2/c1-9(17(19,20)21)29-13-6-5-10(8-12(13)18(22,23)24)16-27-15(28-30-16)11-4-3-7-26-14(11)25-2/h3-9H,1-2H3,(H,25,26)/t9-/m1/s1. The van der Waals surface area contributed by atoms with Gasteiger partial charge in [0, 0.05) is 18.8 Å². The Morgan fingerprint density at radius 2 is 1.83 bits per heavy atom. The van der Waals surface area contributed by atoms with Gasteiger partial charge in [0.25, 0.3) is 5.89 Å². The van der Waals surface area contributed by atoms with Crippen LogP contribution in [0.15, 0.2) is 41.1 Å². The van der Waals surface area contributed by atoms with E-state index in [1.807, 2.05) is 0 Å². The number of alkyl halides is 6. The van der Waals surface area contributed by atoms with Crippen molar-refractivity contribution in [3.63, 3.8) is 0 Å². The van der Waals surface area contributed by atoms with Gasteiger partial charge in [-0.1, -0.05) is 5.16 Å². The first kappa shape index (κ1) is 21.4. The van der Waals surface area contributed by atoms with Gasteiger partial charge >= 0.3 is 12.4 Å². The fraction of sp³-hybridized carbons (Fsp3) is 0.278. The summed E-state index contributed by atoms with van der Waals surface area (Å²) >= 11 is 0. The molecule has 3 rings (SSSR count). The van der Waals surface area contributed by atoms with Crippen molar-refractivity contribution in [1.82, 2.24) is 15.1 Å². The first-order valence-electron chi connectivity index (χ1n) is 8.42. The van der Waals surface area contributed by atoms with E-state index < -0.39 is 29.8 Å². The van der Waals surface area contributed by atoms with Gasteiger partial charge < -0.3 is 14.6 Å². The van der Waals surface area contributed by atoms with Crippen molar-refractivity contribution < 1.29 is 35.6 Å². The van der Waals surface area contributed by atoms with Gasteiger partial charge in [-0.3, -0.25) is 0 Å². The highest BCUT2D eigenvalue weighted by molar-refractivity contribution is 5.70. The molecule has 0 saturated carbocycles. The third-order valence-electron chi connectivity index (χ3n) is 4.01. The monoisotopic (exact) mass is 432 g/mol. The molecule has 0 unspecified atom stereocenters. The summed E-state index contributed by atoms with van der Waals surface area (Å²) < 4.78 is 87.8. The highest BCUT2D eigenvalue weighted by Gasteiger charge is 2.41. The molecule has 6 nitrogen and oxygen atoms in total. The number of hydrogen-bond donors (Lipinski definition) is 1. The van der Waals surface area contributed by atoms with Crippen LogP contribution in [0.3, 0.4) is 0 Å². The fourth-order valence-corrected chi connectivity index (χ4v) is 2.48. The summed E-state index contributed by atoms with van der Waals surface area (Å²) in [5, 5.41) is 6.56. The minimum Gasteiger partial charge on any atom is -0.481 e. The van der Waals surface area contributed by atoms with Crippen LogP contribution in [0.2, 0.25) is 0 Å². The number of pyridine rings is 1. The van der Waals surface area contributed by atoms with Gasteiger partial charge in [0.05, 0.1) is 11.1 Å². The molecule has 1 N–H and O–H groups in total. The summed E-state index contributed by atoms with van der Waals surface area (Å²) in [5.41, 5.74) is -1.08. The van der Waals surface area contributed by atoms with Crippen LogP contribution in [0.5, 0.6) is 5.75 Å². The Labute approximate surface area is 165 Å². The van der Waals surface area contributed by atoms with Crippen LogP contribution in [0.25, 0.3) is 22.8 Å². The Kier molecular flexibility index (Phi) is 5.59. The second-order valence-electron chi connectivity index (χ2n) is 6.08. The maximum Gasteiger partial charge on any atom is 0.425 e. The van der Waals surface area contributed by atoms with Crippen molar-refractivity contribution in [2.24, 2.45) is 0 Å². The van der Waals surface area contributed by atoms with Gasteiger partial charge in [0.15, 0.2) is 6.10 Å². The van der Waals surface area contributed by atoms with Crippen LogP contribution in [0.1, 0.15) is 12.5 Å². The first-order chi connectivity index (χ1) is 14.0. The van der Waals surface area contributed by atoms with Crippen molar-refractivity contribution in [2.75, 3.05) is 12.4 Å². The number of nitrogens with zero attached hydrogens (tertiary/aromatic N) is 3. The van der Waals surface area contributed by atoms with E-state index in [2.05, 4.69) is 25.2 Å². The molecule has 2 heterocycles. The zero-order valence-electron chi connectivity index (χ0n) is 15.5. The van der Waals surface area contributed by atoms with Crippen molar-refractivity contribution in [1.29, 1.82) is 0 Å². The number of hydrogen-bond acceptors (Lipinski definition) is 6. The third-order valence-corrected chi connectivity index (χ3v) is 4.01. The van der Waals surface area contributed by atoms with Crippen molar-refractivity contribution in [2.45, 2.75) is 25.4 Å². The van der Waals surface area contributed by atoms with Crippen LogP contribution in [0, 0.1) is 0 Å². The SMILES string of the molecule is CNc1ncccc1-c1noc(-c2ccc(O[C@H](C)C(F)(F)F)c(C(F)(F)F)c2)n1.